The van der Waals surface area contributed by atoms with Gasteiger partial charge in [-0.1, -0.05) is 30.3 Å². The van der Waals surface area contributed by atoms with Crippen LogP contribution >= 0.6 is 0 Å². The van der Waals surface area contributed by atoms with Crippen molar-refractivity contribution in [1.82, 2.24) is 9.21 Å². The Morgan fingerprint density at radius 3 is 2.65 bits per heavy atom. The summed E-state index contributed by atoms with van der Waals surface area (Å²) < 4.78 is 27.0. The second-order valence-electron chi connectivity index (χ2n) is 6.61. The fourth-order valence-corrected chi connectivity index (χ4v) is 5.38. The topological polar surface area (TPSA) is 57.7 Å². The molecular formula is C17H24N2O3S. The highest BCUT2D eigenvalue weighted by atomic mass is 32.2. The van der Waals surface area contributed by atoms with Crippen molar-refractivity contribution in [3.05, 3.63) is 35.9 Å². The van der Waals surface area contributed by atoms with Gasteiger partial charge in [-0.25, -0.2) is 12.7 Å². The molecule has 2 fully saturated rings. The molecule has 0 saturated carbocycles. The van der Waals surface area contributed by atoms with E-state index in [1.165, 1.54) is 0 Å². The molecule has 2 heterocycles. The van der Waals surface area contributed by atoms with Crippen LogP contribution in [0.4, 0.5) is 0 Å². The molecule has 5 nitrogen and oxygen atoms in total. The van der Waals surface area contributed by atoms with Crippen LogP contribution in [0.25, 0.3) is 0 Å². The third kappa shape index (κ3) is 3.58. The molecule has 3 rings (SSSR count). The summed E-state index contributed by atoms with van der Waals surface area (Å²) in [4.78, 5) is 13.8. The predicted octanol–water partition coefficient (Wildman–Crippen LogP) is 1.85. The molecular weight excluding hydrogens is 312 g/mol. The molecule has 0 N–H and O–H groups in total. The summed E-state index contributed by atoms with van der Waals surface area (Å²) in [6.07, 6.45) is 3.11. The molecule has 2 aliphatic heterocycles. The molecule has 6 heteroatoms. The van der Waals surface area contributed by atoms with Crippen LogP contribution in [-0.2, 0) is 20.6 Å². The fraction of sp³-hybridized carbons (Fsp3) is 0.588. The lowest BCUT2D eigenvalue weighted by atomic mass is 9.89. The number of carbonyl (C=O) groups excluding carboxylic acids is 1. The molecule has 1 amide bonds. The first-order chi connectivity index (χ1) is 11.0. The minimum absolute atomic E-state index is 0.0556. The van der Waals surface area contributed by atoms with Gasteiger partial charge in [0.2, 0.25) is 15.9 Å². The molecule has 0 aromatic heterocycles. The lowest BCUT2D eigenvalue weighted by Gasteiger charge is -2.40. The molecule has 0 bridgehead atoms. The molecule has 0 spiro atoms. The minimum atomic E-state index is -3.30. The number of rotatable bonds is 3. The Morgan fingerprint density at radius 1 is 1.17 bits per heavy atom. The molecule has 0 unspecified atom stereocenters. The highest BCUT2D eigenvalue weighted by Gasteiger charge is 2.38. The van der Waals surface area contributed by atoms with Crippen molar-refractivity contribution in [1.29, 1.82) is 0 Å². The summed E-state index contributed by atoms with van der Waals surface area (Å²) in [7, 11) is -1.44. The Labute approximate surface area is 138 Å². The van der Waals surface area contributed by atoms with Crippen LogP contribution in [0.2, 0.25) is 0 Å². The number of nitrogens with zero attached hydrogens (tertiary/aromatic N) is 2. The summed E-state index contributed by atoms with van der Waals surface area (Å²) in [5.41, 5.74) is 0.822. The molecule has 0 radical (unpaired) electrons. The van der Waals surface area contributed by atoms with E-state index in [2.05, 4.69) is 0 Å². The van der Waals surface area contributed by atoms with Crippen LogP contribution in [0.5, 0.6) is 0 Å². The van der Waals surface area contributed by atoms with Gasteiger partial charge in [-0.2, -0.15) is 0 Å². The van der Waals surface area contributed by atoms with Crippen molar-refractivity contribution < 1.29 is 13.2 Å². The Morgan fingerprint density at radius 2 is 1.91 bits per heavy atom. The monoisotopic (exact) mass is 336 g/mol. The molecule has 2 aliphatic rings. The van der Waals surface area contributed by atoms with Crippen molar-refractivity contribution in [2.75, 3.05) is 20.1 Å². The third-order valence-corrected chi connectivity index (χ3v) is 6.91. The summed E-state index contributed by atoms with van der Waals surface area (Å²) in [6.45, 7) is 1.05. The predicted molar refractivity (Wildman–Crippen MR) is 89.2 cm³/mol. The first-order valence-electron chi connectivity index (χ1n) is 8.25. The number of sulfonamides is 1. The highest BCUT2D eigenvalue weighted by molar-refractivity contribution is 7.88. The van der Waals surface area contributed by atoms with E-state index in [9.17, 15) is 13.2 Å². The van der Waals surface area contributed by atoms with Gasteiger partial charge in [-0.3, -0.25) is 4.79 Å². The molecule has 0 aliphatic carbocycles. The van der Waals surface area contributed by atoms with E-state index in [4.69, 9.17) is 0 Å². The SMILES string of the molecule is CN1C(=O)CCC[C@H]2CN(S(=O)(=O)Cc3ccccc3)CC[C@H]21. The first kappa shape index (κ1) is 16.5. The van der Waals surface area contributed by atoms with Crippen LogP contribution in [0.15, 0.2) is 30.3 Å². The number of likely N-dealkylation sites (tertiary alicyclic amines) is 1. The van der Waals surface area contributed by atoms with Crippen molar-refractivity contribution >= 4 is 15.9 Å². The maximum absolute atomic E-state index is 12.7. The largest absolute Gasteiger partial charge is 0.342 e. The summed E-state index contributed by atoms with van der Waals surface area (Å²) in [5, 5.41) is 0. The summed E-state index contributed by atoms with van der Waals surface area (Å²) in [5.74, 6) is 0.504. The second kappa shape index (κ2) is 6.61. The maximum Gasteiger partial charge on any atom is 0.222 e. The number of benzene rings is 1. The Balaban J connectivity index is 1.72. The summed E-state index contributed by atoms with van der Waals surface area (Å²) >= 11 is 0. The molecule has 2 atom stereocenters. The van der Waals surface area contributed by atoms with Crippen molar-refractivity contribution in [3.63, 3.8) is 0 Å². The Hall–Kier alpha value is -1.40. The van der Waals surface area contributed by atoms with Crippen molar-refractivity contribution in [3.8, 4) is 0 Å². The van der Waals surface area contributed by atoms with Crippen LogP contribution in [0.1, 0.15) is 31.2 Å². The zero-order valence-electron chi connectivity index (χ0n) is 13.5. The highest BCUT2D eigenvalue weighted by Crippen LogP contribution is 2.31. The number of hydrogen-bond donors (Lipinski definition) is 0. The van der Waals surface area contributed by atoms with Gasteiger partial charge in [0.05, 0.1) is 5.75 Å². The average molecular weight is 336 g/mol. The van der Waals surface area contributed by atoms with Crippen LogP contribution in [-0.4, -0.2) is 49.7 Å². The zero-order chi connectivity index (χ0) is 16.4. The quantitative estimate of drug-likeness (QED) is 0.846. The maximum atomic E-state index is 12.7. The van der Waals surface area contributed by atoms with Crippen molar-refractivity contribution in [2.45, 2.75) is 37.5 Å². The van der Waals surface area contributed by atoms with Gasteiger partial charge in [-0.05, 0) is 30.7 Å². The molecule has 23 heavy (non-hydrogen) atoms. The third-order valence-electron chi connectivity index (χ3n) is 5.10. The number of carbonyl (C=O) groups is 1. The second-order valence-corrected chi connectivity index (χ2v) is 8.58. The van der Waals surface area contributed by atoms with Gasteiger partial charge in [0, 0.05) is 32.6 Å². The molecule has 1 aromatic carbocycles. The molecule has 126 valence electrons. The van der Waals surface area contributed by atoms with Gasteiger partial charge in [0.1, 0.15) is 0 Å². The van der Waals surface area contributed by atoms with Gasteiger partial charge in [-0.15, -0.1) is 0 Å². The van der Waals surface area contributed by atoms with Crippen LogP contribution in [0, 0.1) is 5.92 Å². The van der Waals surface area contributed by atoms with E-state index in [0.717, 1.165) is 24.8 Å². The van der Waals surface area contributed by atoms with Gasteiger partial charge < -0.3 is 4.90 Å². The fourth-order valence-electron chi connectivity index (χ4n) is 3.79. The van der Waals surface area contributed by atoms with E-state index >= 15 is 0 Å². The van der Waals surface area contributed by atoms with E-state index in [0.29, 0.717) is 19.5 Å². The lowest BCUT2D eigenvalue weighted by molar-refractivity contribution is -0.132. The number of hydrogen-bond acceptors (Lipinski definition) is 3. The van der Waals surface area contributed by atoms with Crippen LogP contribution < -0.4 is 0 Å². The number of piperidine rings is 1. The molecule has 2 saturated heterocycles. The van der Waals surface area contributed by atoms with Gasteiger partial charge in [0.25, 0.3) is 0 Å². The smallest absolute Gasteiger partial charge is 0.222 e. The van der Waals surface area contributed by atoms with E-state index in [-0.39, 0.29) is 23.6 Å². The Kier molecular flexibility index (Phi) is 4.73. The Bertz CT molecular complexity index is 660. The number of fused-ring (bicyclic) bond motifs is 1. The van der Waals surface area contributed by atoms with E-state index < -0.39 is 10.0 Å². The van der Waals surface area contributed by atoms with Crippen LogP contribution in [0.3, 0.4) is 0 Å². The standard InChI is InChI=1S/C17H24N2O3S/c1-18-16-10-11-19(12-15(16)8-5-9-17(18)20)23(21,22)13-14-6-3-2-4-7-14/h2-4,6-7,15-16H,5,8-13H2,1H3/t15-,16+/m0/s1. The molecule has 1 aromatic rings. The zero-order valence-corrected chi connectivity index (χ0v) is 14.3. The van der Waals surface area contributed by atoms with Crippen molar-refractivity contribution in [2.24, 2.45) is 5.92 Å². The first-order valence-corrected chi connectivity index (χ1v) is 9.86. The van der Waals surface area contributed by atoms with Gasteiger partial charge >= 0.3 is 0 Å². The number of amides is 1. The van der Waals surface area contributed by atoms with Gasteiger partial charge in [0.15, 0.2) is 0 Å². The normalized spacial score (nSPS) is 26.7. The minimum Gasteiger partial charge on any atom is -0.342 e. The van der Waals surface area contributed by atoms with E-state index in [1.54, 1.807) is 4.31 Å². The summed E-state index contributed by atoms with van der Waals surface area (Å²) in [6, 6.07) is 9.50. The average Bonchev–Trinajstić information content (AvgIpc) is 2.67. The van der Waals surface area contributed by atoms with E-state index in [1.807, 2.05) is 42.3 Å². The lowest BCUT2D eigenvalue weighted by Crippen LogP contribution is -2.51.